The number of carbonyl (C=O) groups is 1. The molecule has 30 heavy (non-hydrogen) atoms. The van der Waals surface area contributed by atoms with Crippen LogP contribution in [0.1, 0.15) is 41.7 Å². The molecular weight excluding hydrogens is 417 g/mol. The molecule has 4 rings (SSSR count). The van der Waals surface area contributed by atoms with Crippen molar-refractivity contribution in [2.24, 2.45) is 0 Å². The summed E-state index contributed by atoms with van der Waals surface area (Å²) in [5.74, 6) is 0.161. The highest BCUT2D eigenvalue weighted by molar-refractivity contribution is 6.30. The summed E-state index contributed by atoms with van der Waals surface area (Å²) in [6.07, 6.45) is 1.10. The normalized spacial score (nSPS) is 15.9. The monoisotopic (exact) mass is 439 g/mol. The van der Waals surface area contributed by atoms with Gasteiger partial charge in [0.1, 0.15) is 6.10 Å². The average Bonchev–Trinajstić information content (AvgIpc) is 3.18. The van der Waals surface area contributed by atoms with E-state index >= 15 is 0 Å². The molecule has 1 fully saturated rings. The van der Waals surface area contributed by atoms with Crippen molar-refractivity contribution in [2.45, 2.75) is 31.6 Å². The van der Waals surface area contributed by atoms with Crippen LogP contribution in [0.2, 0.25) is 10.0 Å². The van der Waals surface area contributed by atoms with Gasteiger partial charge in [-0.05, 0) is 47.4 Å². The van der Waals surface area contributed by atoms with E-state index in [4.69, 9.17) is 27.9 Å². The molecule has 0 radical (unpaired) electrons. The van der Waals surface area contributed by atoms with Crippen molar-refractivity contribution < 1.29 is 9.53 Å². The van der Waals surface area contributed by atoms with Crippen molar-refractivity contribution in [1.82, 2.24) is 4.90 Å². The number of ether oxygens (including phenoxy) is 1. The van der Waals surface area contributed by atoms with Crippen LogP contribution in [0.5, 0.6) is 0 Å². The summed E-state index contributed by atoms with van der Waals surface area (Å²) >= 11 is 12.3. The lowest BCUT2D eigenvalue weighted by molar-refractivity contribution is -0.134. The first-order chi connectivity index (χ1) is 14.6. The fourth-order valence-corrected chi connectivity index (χ4v) is 4.31. The fraction of sp³-hybridized carbons (Fsp3) is 0.240. The third-order valence-electron chi connectivity index (χ3n) is 5.39. The van der Waals surface area contributed by atoms with Gasteiger partial charge in [0, 0.05) is 23.0 Å². The number of likely N-dealkylation sites (tertiary alicyclic amines) is 1. The van der Waals surface area contributed by atoms with Gasteiger partial charge in [0.15, 0.2) is 0 Å². The number of hydrogen-bond acceptors (Lipinski definition) is 2. The molecule has 0 saturated carbocycles. The second-order valence-corrected chi connectivity index (χ2v) is 8.33. The number of hydrogen-bond donors (Lipinski definition) is 0. The van der Waals surface area contributed by atoms with E-state index in [1.165, 1.54) is 0 Å². The lowest BCUT2D eigenvalue weighted by Gasteiger charge is -2.35. The number of benzene rings is 3. The summed E-state index contributed by atoms with van der Waals surface area (Å²) in [5, 5.41) is 1.34. The molecule has 0 bridgehead atoms. The SMILES string of the molecule is O=C1CCCN1[C@H](c1ccccc1)[C@@H](OCc1cccc(Cl)c1)c1ccc(Cl)cc1. The van der Waals surface area contributed by atoms with Gasteiger partial charge in [0.25, 0.3) is 0 Å². The summed E-state index contributed by atoms with van der Waals surface area (Å²) in [6, 6.07) is 25.2. The van der Waals surface area contributed by atoms with E-state index in [1.807, 2.05) is 71.6 Å². The van der Waals surface area contributed by atoms with Crippen LogP contribution in [-0.2, 0) is 16.1 Å². The smallest absolute Gasteiger partial charge is 0.223 e. The number of carbonyl (C=O) groups excluding carboxylic acids is 1. The van der Waals surface area contributed by atoms with Crippen molar-refractivity contribution in [2.75, 3.05) is 6.54 Å². The van der Waals surface area contributed by atoms with E-state index in [1.54, 1.807) is 0 Å². The van der Waals surface area contributed by atoms with Crippen LogP contribution in [0.15, 0.2) is 78.9 Å². The van der Waals surface area contributed by atoms with Crippen LogP contribution >= 0.6 is 23.2 Å². The lowest BCUT2D eigenvalue weighted by Crippen LogP contribution is -2.35. The summed E-state index contributed by atoms with van der Waals surface area (Å²) in [7, 11) is 0. The van der Waals surface area contributed by atoms with Crippen molar-refractivity contribution in [3.63, 3.8) is 0 Å². The number of amides is 1. The highest BCUT2D eigenvalue weighted by Crippen LogP contribution is 2.40. The summed E-state index contributed by atoms with van der Waals surface area (Å²) in [6.45, 7) is 1.11. The standard InChI is InChI=1S/C25H23Cl2NO2/c26-21-13-11-20(12-14-21)25(30-17-18-6-4-9-22(27)16-18)24(19-7-2-1-3-8-19)28-15-5-10-23(28)29/h1-4,6-9,11-14,16,24-25H,5,10,15,17H2/t24-,25+/m1/s1. The molecule has 0 aliphatic carbocycles. The first-order valence-electron chi connectivity index (χ1n) is 10.1. The zero-order chi connectivity index (χ0) is 20.9. The number of nitrogens with zero attached hydrogens (tertiary/aromatic N) is 1. The maximum atomic E-state index is 12.7. The molecule has 0 N–H and O–H groups in total. The zero-order valence-corrected chi connectivity index (χ0v) is 18.0. The summed E-state index contributed by atoms with van der Waals surface area (Å²) in [5.41, 5.74) is 3.02. The first kappa shape index (κ1) is 20.9. The molecule has 1 amide bonds. The predicted molar refractivity (Wildman–Crippen MR) is 121 cm³/mol. The third kappa shape index (κ3) is 4.86. The molecule has 1 heterocycles. The van der Waals surface area contributed by atoms with Crippen molar-refractivity contribution in [1.29, 1.82) is 0 Å². The van der Waals surface area contributed by atoms with E-state index < -0.39 is 0 Å². The van der Waals surface area contributed by atoms with Gasteiger partial charge in [-0.25, -0.2) is 0 Å². The Bertz CT molecular complexity index is 992. The minimum absolute atomic E-state index is 0.161. The van der Waals surface area contributed by atoms with E-state index in [9.17, 15) is 4.79 Å². The van der Waals surface area contributed by atoms with Gasteiger partial charge < -0.3 is 9.64 Å². The van der Waals surface area contributed by atoms with E-state index in [0.29, 0.717) is 23.1 Å². The molecule has 154 valence electrons. The van der Waals surface area contributed by atoms with Crippen LogP contribution in [0.3, 0.4) is 0 Å². The molecule has 0 aromatic heterocycles. The minimum atomic E-state index is -0.342. The largest absolute Gasteiger partial charge is 0.366 e. The van der Waals surface area contributed by atoms with Gasteiger partial charge in [-0.3, -0.25) is 4.79 Å². The fourth-order valence-electron chi connectivity index (χ4n) is 3.97. The highest BCUT2D eigenvalue weighted by atomic mass is 35.5. The first-order valence-corrected chi connectivity index (χ1v) is 10.8. The van der Waals surface area contributed by atoms with E-state index in [-0.39, 0.29) is 18.1 Å². The Morgan fingerprint density at radius 3 is 2.30 bits per heavy atom. The topological polar surface area (TPSA) is 29.5 Å². The van der Waals surface area contributed by atoms with Crippen LogP contribution < -0.4 is 0 Å². The molecule has 0 spiro atoms. The molecular formula is C25H23Cl2NO2. The molecule has 3 aromatic carbocycles. The molecule has 1 aliphatic rings. The summed E-state index contributed by atoms with van der Waals surface area (Å²) in [4.78, 5) is 14.7. The Labute approximate surface area is 187 Å². The van der Waals surface area contributed by atoms with Crippen LogP contribution in [0.4, 0.5) is 0 Å². The van der Waals surface area contributed by atoms with Gasteiger partial charge in [-0.2, -0.15) is 0 Å². The molecule has 5 heteroatoms. The third-order valence-corrected chi connectivity index (χ3v) is 5.88. The van der Waals surface area contributed by atoms with Gasteiger partial charge in [0.05, 0.1) is 12.6 Å². The molecule has 1 aliphatic heterocycles. The van der Waals surface area contributed by atoms with Gasteiger partial charge in [0.2, 0.25) is 5.91 Å². The molecule has 2 atom stereocenters. The van der Waals surface area contributed by atoms with Gasteiger partial charge in [-0.1, -0.05) is 77.8 Å². The Kier molecular flexibility index (Phi) is 6.73. The van der Waals surface area contributed by atoms with E-state index in [0.717, 1.165) is 29.7 Å². The highest BCUT2D eigenvalue weighted by Gasteiger charge is 2.36. The van der Waals surface area contributed by atoms with Crippen molar-refractivity contribution in [3.05, 3.63) is 106 Å². The second kappa shape index (κ2) is 9.65. The van der Waals surface area contributed by atoms with E-state index in [2.05, 4.69) is 12.1 Å². The molecule has 0 unspecified atom stereocenters. The minimum Gasteiger partial charge on any atom is -0.366 e. The second-order valence-electron chi connectivity index (χ2n) is 7.46. The summed E-state index contributed by atoms with van der Waals surface area (Å²) < 4.78 is 6.49. The van der Waals surface area contributed by atoms with Crippen LogP contribution in [0, 0.1) is 0 Å². The maximum Gasteiger partial charge on any atom is 0.223 e. The van der Waals surface area contributed by atoms with Crippen LogP contribution in [-0.4, -0.2) is 17.4 Å². The van der Waals surface area contributed by atoms with Crippen LogP contribution in [0.25, 0.3) is 0 Å². The maximum absolute atomic E-state index is 12.7. The van der Waals surface area contributed by atoms with Crippen molar-refractivity contribution in [3.8, 4) is 0 Å². The molecule has 3 aromatic rings. The Morgan fingerprint density at radius 2 is 1.63 bits per heavy atom. The molecule has 1 saturated heterocycles. The lowest BCUT2D eigenvalue weighted by atomic mass is 9.94. The predicted octanol–water partition coefficient (Wildman–Crippen LogP) is 6.62. The Balaban J connectivity index is 1.72. The quantitative estimate of drug-likeness (QED) is 0.414. The zero-order valence-electron chi connectivity index (χ0n) is 16.5. The number of rotatable bonds is 7. The van der Waals surface area contributed by atoms with Crippen molar-refractivity contribution >= 4 is 29.1 Å². The number of halogens is 2. The van der Waals surface area contributed by atoms with Gasteiger partial charge >= 0.3 is 0 Å². The average molecular weight is 440 g/mol. The molecule has 3 nitrogen and oxygen atoms in total. The van der Waals surface area contributed by atoms with Gasteiger partial charge in [-0.15, -0.1) is 0 Å². The Morgan fingerprint density at radius 1 is 0.867 bits per heavy atom. The Hall–Kier alpha value is -2.33.